The molecule has 2 aliphatic rings. The van der Waals surface area contributed by atoms with E-state index in [9.17, 15) is 8.42 Å². The molecule has 0 aromatic heterocycles. The minimum atomic E-state index is -3.09. The molecular formula is C18H18N2O3S2. The van der Waals surface area contributed by atoms with Crippen molar-refractivity contribution in [3.8, 4) is 5.75 Å². The lowest BCUT2D eigenvalue weighted by atomic mass is 10.1. The molecular weight excluding hydrogens is 356 g/mol. The van der Waals surface area contributed by atoms with Gasteiger partial charge in [-0.1, -0.05) is 18.2 Å². The van der Waals surface area contributed by atoms with E-state index in [2.05, 4.69) is 0 Å². The fourth-order valence-corrected chi connectivity index (χ4v) is 6.04. The van der Waals surface area contributed by atoms with Crippen LogP contribution in [-0.4, -0.2) is 44.2 Å². The van der Waals surface area contributed by atoms with Gasteiger partial charge in [-0.05, 0) is 48.6 Å². The maximum Gasteiger partial charge on any atom is 0.181 e. The normalized spacial score (nSPS) is 24.4. The Kier molecular flexibility index (Phi) is 3.92. The average Bonchev–Trinajstić information content (AvgIpc) is 3.04. The summed E-state index contributed by atoms with van der Waals surface area (Å²) >= 11 is 5.74. The van der Waals surface area contributed by atoms with E-state index < -0.39 is 9.84 Å². The Morgan fingerprint density at radius 2 is 1.44 bits per heavy atom. The third-order valence-corrected chi connectivity index (χ3v) is 6.85. The van der Waals surface area contributed by atoms with Gasteiger partial charge in [0.25, 0.3) is 0 Å². The Bertz CT molecular complexity index is 898. The molecule has 2 aromatic carbocycles. The number of nitrogens with zero attached hydrogens (tertiary/aromatic N) is 2. The Balaban J connectivity index is 1.77. The number of benzene rings is 2. The highest BCUT2D eigenvalue weighted by atomic mass is 32.2. The SMILES string of the molecule is COc1ccc(N2C(=S)N(c3ccccc3)[C@@H]3CS(=O)(=O)C[C@@H]32)cc1. The maximum atomic E-state index is 12.3. The molecule has 0 radical (unpaired) electrons. The van der Waals surface area contributed by atoms with E-state index in [1.807, 2.05) is 64.4 Å². The van der Waals surface area contributed by atoms with Gasteiger partial charge in [-0.15, -0.1) is 0 Å². The fourth-order valence-electron chi connectivity index (χ4n) is 3.64. The highest BCUT2D eigenvalue weighted by molar-refractivity contribution is 7.91. The average molecular weight is 374 g/mol. The molecule has 2 fully saturated rings. The highest BCUT2D eigenvalue weighted by Gasteiger charge is 2.52. The number of hydrogen-bond acceptors (Lipinski definition) is 4. The first-order valence-electron chi connectivity index (χ1n) is 8.02. The summed E-state index contributed by atoms with van der Waals surface area (Å²) in [5, 5.41) is 0.640. The van der Waals surface area contributed by atoms with Crippen LogP contribution in [0.3, 0.4) is 0 Å². The van der Waals surface area contributed by atoms with E-state index in [1.54, 1.807) is 7.11 Å². The van der Waals surface area contributed by atoms with Crippen LogP contribution in [0.1, 0.15) is 0 Å². The van der Waals surface area contributed by atoms with E-state index >= 15 is 0 Å². The van der Waals surface area contributed by atoms with Gasteiger partial charge in [0, 0.05) is 11.4 Å². The molecule has 5 nitrogen and oxygen atoms in total. The molecule has 2 atom stereocenters. The second-order valence-electron chi connectivity index (χ2n) is 6.27. The molecule has 4 rings (SSSR count). The summed E-state index contributed by atoms with van der Waals surface area (Å²) in [6.07, 6.45) is 0. The van der Waals surface area contributed by atoms with Gasteiger partial charge in [-0.25, -0.2) is 8.42 Å². The first-order chi connectivity index (χ1) is 12.0. The number of sulfone groups is 1. The van der Waals surface area contributed by atoms with E-state index in [0.29, 0.717) is 5.11 Å². The quantitative estimate of drug-likeness (QED) is 0.770. The summed E-state index contributed by atoms with van der Waals surface area (Å²) in [4.78, 5) is 3.95. The molecule has 25 heavy (non-hydrogen) atoms. The molecule has 2 aliphatic heterocycles. The Hall–Kier alpha value is -2.12. The zero-order chi connectivity index (χ0) is 17.6. The van der Waals surface area contributed by atoms with Crippen LogP contribution in [0, 0.1) is 0 Å². The highest BCUT2D eigenvalue weighted by Crippen LogP contribution is 2.38. The third kappa shape index (κ3) is 2.77. The van der Waals surface area contributed by atoms with Gasteiger partial charge in [0.05, 0.1) is 30.7 Å². The van der Waals surface area contributed by atoms with E-state index in [0.717, 1.165) is 17.1 Å². The Morgan fingerprint density at radius 3 is 1.96 bits per heavy atom. The van der Waals surface area contributed by atoms with Crippen molar-refractivity contribution in [2.75, 3.05) is 28.4 Å². The van der Waals surface area contributed by atoms with Crippen LogP contribution >= 0.6 is 12.2 Å². The largest absolute Gasteiger partial charge is 0.497 e. The van der Waals surface area contributed by atoms with Crippen LogP contribution in [-0.2, 0) is 9.84 Å². The molecule has 2 saturated heterocycles. The first kappa shape index (κ1) is 16.4. The van der Waals surface area contributed by atoms with E-state index in [1.165, 1.54) is 0 Å². The third-order valence-electron chi connectivity index (χ3n) is 4.75. The lowest BCUT2D eigenvalue weighted by molar-refractivity contribution is 0.415. The summed E-state index contributed by atoms with van der Waals surface area (Å²) in [5.41, 5.74) is 1.81. The van der Waals surface area contributed by atoms with Gasteiger partial charge >= 0.3 is 0 Å². The smallest absolute Gasteiger partial charge is 0.181 e. The van der Waals surface area contributed by atoms with Crippen LogP contribution in [0.15, 0.2) is 54.6 Å². The number of rotatable bonds is 3. The van der Waals surface area contributed by atoms with Gasteiger partial charge in [0.15, 0.2) is 14.9 Å². The van der Waals surface area contributed by atoms with Crippen molar-refractivity contribution >= 4 is 38.5 Å². The van der Waals surface area contributed by atoms with Gasteiger partial charge in [0.2, 0.25) is 0 Å². The standard InChI is InChI=1S/C18H18N2O3S2/c1-23-15-9-7-14(8-10-15)20-17-12-25(21,22)11-16(17)19(18(20)24)13-5-3-2-4-6-13/h2-10,16-17H,11-12H2,1H3/t16-,17+/m1/s1. The van der Waals surface area contributed by atoms with Crippen LogP contribution in [0.25, 0.3) is 0 Å². The van der Waals surface area contributed by atoms with Crippen LogP contribution in [0.5, 0.6) is 5.75 Å². The van der Waals surface area contributed by atoms with Crippen molar-refractivity contribution in [2.45, 2.75) is 12.1 Å². The topological polar surface area (TPSA) is 49.9 Å². The summed E-state index contributed by atoms with van der Waals surface area (Å²) in [7, 11) is -1.47. The zero-order valence-corrected chi connectivity index (χ0v) is 15.3. The summed E-state index contributed by atoms with van der Waals surface area (Å²) < 4.78 is 29.8. The lowest BCUT2D eigenvalue weighted by Gasteiger charge is -2.25. The molecule has 0 spiro atoms. The number of thiocarbonyl (C=S) groups is 1. The van der Waals surface area contributed by atoms with Crippen LogP contribution in [0.4, 0.5) is 11.4 Å². The lowest BCUT2D eigenvalue weighted by Crippen LogP contribution is -2.37. The predicted molar refractivity (Wildman–Crippen MR) is 103 cm³/mol. The van der Waals surface area contributed by atoms with E-state index in [4.69, 9.17) is 17.0 Å². The molecule has 2 aromatic rings. The first-order valence-corrected chi connectivity index (χ1v) is 10.2. The second kappa shape index (κ2) is 6.00. The fraction of sp³-hybridized carbons (Fsp3) is 0.278. The minimum Gasteiger partial charge on any atom is -0.497 e. The number of anilines is 2. The van der Waals surface area contributed by atoms with Crippen molar-refractivity contribution in [1.29, 1.82) is 0 Å². The zero-order valence-electron chi connectivity index (χ0n) is 13.7. The molecule has 0 amide bonds. The molecule has 2 heterocycles. The second-order valence-corrected chi connectivity index (χ2v) is 8.79. The summed E-state index contributed by atoms with van der Waals surface area (Å²) in [6.45, 7) is 0. The van der Waals surface area contributed by atoms with Crippen molar-refractivity contribution < 1.29 is 13.2 Å². The molecule has 0 bridgehead atoms. The van der Waals surface area contributed by atoms with Crippen LogP contribution in [0.2, 0.25) is 0 Å². The summed E-state index contributed by atoms with van der Waals surface area (Å²) in [6, 6.07) is 17.0. The number of hydrogen-bond donors (Lipinski definition) is 0. The molecule has 0 N–H and O–H groups in total. The van der Waals surface area contributed by atoms with Crippen molar-refractivity contribution in [1.82, 2.24) is 0 Å². The summed E-state index contributed by atoms with van der Waals surface area (Å²) in [5.74, 6) is 0.997. The van der Waals surface area contributed by atoms with Crippen molar-refractivity contribution in [3.63, 3.8) is 0 Å². The van der Waals surface area contributed by atoms with Gasteiger partial charge in [-0.3, -0.25) is 0 Å². The molecule has 7 heteroatoms. The monoisotopic (exact) mass is 374 g/mol. The van der Waals surface area contributed by atoms with Crippen molar-refractivity contribution in [2.24, 2.45) is 0 Å². The van der Waals surface area contributed by atoms with Gasteiger partial charge < -0.3 is 14.5 Å². The molecule has 130 valence electrons. The van der Waals surface area contributed by atoms with Crippen molar-refractivity contribution in [3.05, 3.63) is 54.6 Å². The number of fused-ring (bicyclic) bond motifs is 1. The predicted octanol–water partition coefficient (Wildman–Crippen LogP) is 2.47. The Labute approximate surface area is 152 Å². The Morgan fingerprint density at radius 1 is 0.920 bits per heavy atom. The number of methoxy groups -OCH3 is 1. The van der Waals surface area contributed by atoms with Crippen LogP contribution < -0.4 is 14.5 Å². The molecule has 0 saturated carbocycles. The number of para-hydroxylation sites is 1. The molecule has 0 unspecified atom stereocenters. The van der Waals surface area contributed by atoms with Gasteiger partial charge in [-0.2, -0.15) is 0 Å². The van der Waals surface area contributed by atoms with Gasteiger partial charge in [0.1, 0.15) is 5.75 Å². The molecule has 0 aliphatic carbocycles. The maximum absolute atomic E-state index is 12.3. The minimum absolute atomic E-state index is 0.118. The van der Waals surface area contributed by atoms with E-state index in [-0.39, 0.29) is 23.6 Å². The number of ether oxygens (including phenoxy) is 1.